The first-order chi connectivity index (χ1) is 15.7. The molecule has 7 nitrogen and oxygen atoms in total. The number of carbonyl (C=O) groups is 3. The number of hydrogen-bond acceptors (Lipinski definition) is 4. The van der Waals surface area contributed by atoms with Gasteiger partial charge >= 0.3 is 6.09 Å². The zero-order chi connectivity index (χ0) is 23.8. The summed E-state index contributed by atoms with van der Waals surface area (Å²) >= 11 is 0. The lowest BCUT2D eigenvalue weighted by molar-refractivity contribution is -0.134. The Morgan fingerprint density at radius 1 is 0.970 bits per heavy atom. The fraction of sp³-hybridized carbons (Fsp3) is 0.423. The van der Waals surface area contributed by atoms with Gasteiger partial charge in [-0.15, -0.1) is 0 Å². The second kappa shape index (κ2) is 11.0. The van der Waals surface area contributed by atoms with E-state index in [1.54, 1.807) is 37.8 Å². The number of piperidine rings is 1. The number of nitrogens with one attached hydrogen (secondary N) is 2. The Bertz CT molecular complexity index is 933. The summed E-state index contributed by atoms with van der Waals surface area (Å²) in [5.74, 6) is -0.244. The molecule has 3 amide bonds. The fourth-order valence-electron chi connectivity index (χ4n) is 3.82. The van der Waals surface area contributed by atoms with Crippen LogP contribution in [0.4, 0.5) is 4.79 Å². The standard InChI is InChI=1S/C26H33N3O4/c1-26(2,3)33-25(32)28-22(18-19-10-6-4-7-11-19)24(31)29-16-14-21(15-17-29)27-23(30)20-12-8-5-9-13-20/h4-13,21-22H,14-18H2,1-3H3,(H,27,30)(H,28,32). The fourth-order valence-corrected chi connectivity index (χ4v) is 3.82. The van der Waals surface area contributed by atoms with E-state index < -0.39 is 17.7 Å². The SMILES string of the molecule is CC(C)(C)OC(=O)NC(Cc1ccccc1)C(=O)N1CCC(NC(=O)c2ccccc2)CC1. The third-order valence-corrected chi connectivity index (χ3v) is 5.45. The highest BCUT2D eigenvalue weighted by Gasteiger charge is 2.31. The van der Waals surface area contributed by atoms with Crippen LogP contribution in [-0.4, -0.2) is 53.6 Å². The van der Waals surface area contributed by atoms with Crippen molar-refractivity contribution < 1.29 is 19.1 Å². The minimum absolute atomic E-state index is 0.00754. The molecule has 0 aliphatic carbocycles. The Morgan fingerprint density at radius 3 is 2.12 bits per heavy atom. The Hall–Kier alpha value is -3.35. The Morgan fingerprint density at radius 2 is 1.55 bits per heavy atom. The summed E-state index contributed by atoms with van der Waals surface area (Å²) < 4.78 is 5.38. The molecule has 2 aromatic rings. The van der Waals surface area contributed by atoms with Crippen LogP contribution in [0.15, 0.2) is 60.7 Å². The van der Waals surface area contributed by atoms with Gasteiger partial charge in [0.1, 0.15) is 11.6 Å². The van der Waals surface area contributed by atoms with Gasteiger partial charge in [0.05, 0.1) is 0 Å². The molecule has 1 aliphatic heterocycles. The molecule has 0 saturated carbocycles. The number of alkyl carbamates (subject to hydrolysis) is 1. The van der Waals surface area contributed by atoms with Crippen molar-refractivity contribution in [3.05, 3.63) is 71.8 Å². The van der Waals surface area contributed by atoms with E-state index in [4.69, 9.17) is 4.74 Å². The first-order valence-electron chi connectivity index (χ1n) is 11.4. The third-order valence-electron chi connectivity index (χ3n) is 5.45. The number of nitrogens with zero attached hydrogens (tertiary/aromatic N) is 1. The zero-order valence-corrected chi connectivity index (χ0v) is 19.5. The molecule has 1 saturated heterocycles. The van der Waals surface area contributed by atoms with Crippen LogP contribution in [0.2, 0.25) is 0 Å². The maximum Gasteiger partial charge on any atom is 0.408 e. The van der Waals surface area contributed by atoms with Crippen LogP contribution in [0.3, 0.4) is 0 Å². The van der Waals surface area contributed by atoms with E-state index in [-0.39, 0.29) is 17.9 Å². The van der Waals surface area contributed by atoms with Crippen molar-refractivity contribution in [2.45, 2.75) is 57.7 Å². The highest BCUT2D eigenvalue weighted by Crippen LogP contribution is 2.15. The van der Waals surface area contributed by atoms with Gasteiger partial charge in [0.25, 0.3) is 5.91 Å². The number of amides is 3. The van der Waals surface area contributed by atoms with Crippen molar-refractivity contribution in [2.75, 3.05) is 13.1 Å². The van der Waals surface area contributed by atoms with Crippen LogP contribution in [0.25, 0.3) is 0 Å². The van der Waals surface area contributed by atoms with Gasteiger partial charge in [0.2, 0.25) is 5.91 Å². The van der Waals surface area contributed by atoms with Gasteiger partial charge < -0.3 is 20.3 Å². The van der Waals surface area contributed by atoms with E-state index in [9.17, 15) is 14.4 Å². The average Bonchev–Trinajstić information content (AvgIpc) is 2.79. The van der Waals surface area contributed by atoms with Crippen LogP contribution < -0.4 is 10.6 Å². The maximum absolute atomic E-state index is 13.3. The molecule has 1 unspecified atom stereocenters. The molecule has 1 fully saturated rings. The number of rotatable bonds is 6. The van der Waals surface area contributed by atoms with E-state index >= 15 is 0 Å². The van der Waals surface area contributed by atoms with Gasteiger partial charge in [-0.3, -0.25) is 9.59 Å². The molecule has 0 aromatic heterocycles. The normalized spacial score (nSPS) is 15.4. The number of hydrogen-bond donors (Lipinski definition) is 2. The number of benzene rings is 2. The van der Waals surface area contributed by atoms with Crippen LogP contribution in [0.5, 0.6) is 0 Å². The minimum atomic E-state index is -0.724. The van der Waals surface area contributed by atoms with Crippen LogP contribution in [0, 0.1) is 0 Å². The molecule has 1 heterocycles. The molecule has 3 rings (SSSR count). The largest absolute Gasteiger partial charge is 0.444 e. The molecule has 0 bridgehead atoms. The molecule has 0 radical (unpaired) electrons. The van der Waals surface area contributed by atoms with Crippen molar-refractivity contribution >= 4 is 17.9 Å². The number of likely N-dealkylation sites (tertiary alicyclic amines) is 1. The summed E-state index contributed by atoms with van der Waals surface area (Å²) in [6.07, 6.45) is 1.09. The van der Waals surface area contributed by atoms with E-state index in [1.807, 2.05) is 48.5 Å². The van der Waals surface area contributed by atoms with Crippen molar-refractivity contribution in [2.24, 2.45) is 0 Å². The summed E-state index contributed by atoms with van der Waals surface area (Å²) in [7, 11) is 0. The summed E-state index contributed by atoms with van der Waals surface area (Å²) in [5.41, 5.74) is 0.928. The first kappa shape index (κ1) is 24.3. The Balaban J connectivity index is 1.60. The molecule has 1 atom stereocenters. The van der Waals surface area contributed by atoms with Gasteiger partial charge in [0.15, 0.2) is 0 Å². The topological polar surface area (TPSA) is 87.7 Å². The number of ether oxygens (including phenoxy) is 1. The molecule has 33 heavy (non-hydrogen) atoms. The highest BCUT2D eigenvalue weighted by atomic mass is 16.6. The molecule has 2 aromatic carbocycles. The van der Waals surface area contributed by atoms with Crippen molar-refractivity contribution in [3.8, 4) is 0 Å². The predicted octanol–water partition coefficient (Wildman–Crippen LogP) is 3.54. The lowest BCUT2D eigenvalue weighted by Gasteiger charge is -2.35. The average molecular weight is 452 g/mol. The van der Waals surface area contributed by atoms with Crippen LogP contribution in [0.1, 0.15) is 49.5 Å². The van der Waals surface area contributed by atoms with Gasteiger partial charge in [-0.05, 0) is 51.3 Å². The van der Waals surface area contributed by atoms with Gasteiger partial charge in [-0.1, -0.05) is 48.5 Å². The van der Waals surface area contributed by atoms with Crippen LogP contribution in [-0.2, 0) is 16.0 Å². The molecule has 2 N–H and O–H groups in total. The molecular formula is C26H33N3O4. The quantitative estimate of drug-likeness (QED) is 0.703. The van der Waals surface area contributed by atoms with Crippen molar-refractivity contribution in [1.29, 1.82) is 0 Å². The Kier molecular flexibility index (Phi) is 8.09. The maximum atomic E-state index is 13.3. The third kappa shape index (κ3) is 7.63. The van der Waals surface area contributed by atoms with E-state index in [1.165, 1.54) is 0 Å². The highest BCUT2D eigenvalue weighted by molar-refractivity contribution is 5.94. The molecule has 176 valence electrons. The Labute approximate surface area is 195 Å². The van der Waals surface area contributed by atoms with Gasteiger partial charge in [0, 0.05) is 31.1 Å². The molecular weight excluding hydrogens is 418 g/mol. The lowest BCUT2D eigenvalue weighted by atomic mass is 10.0. The van der Waals surface area contributed by atoms with E-state index in [2.05, 4.69) is 10.6 Å². The summed E-state index contributed by atoms with van der Waals surface area (Å²) in [5, 5.41) is 5.82. The lowest BCUT2D eigenvalue weighted by Crippen LogP contribution is -2.54. The molecule has 0 spiro atoms. The molecule has 1 aliphatic rings. The van der Waals surface area contributed by atoms with Gasteiger partial charge in [-0.25, -0.2) is 4.79 Å². The van der Waals surface area contributed by atoms with Crippen LogP contribution >= 0.6 is 0 Å². The minimum Gasteiger partial charge on any atom is -0.444 e. The smallest absolute Gasteiger partial charge is 0.408 e. The zero-order valence-electron chi connectivity index (χ0n) is 19.5. The summed E-state index contributed by atoms with van der Waals surface area (Å²) in [6.45, 7) is 6.39. The molecule has 7 heteroatoms. The van der Waals surface area contributed by atoms with E-state index in [0.29, 0.717) is 37.9 Å². The second-order valence-electron chi connectivity index (χ2n) is 9.33. The van der Waals surface area contributed by atoms with Gasteiger partial charge in [-0.2, -0.15) is 0 Å². The number of carbonyl (C=O) groups excluding carboxylic acids is 3. The second-order valence-corrected chi connectivity index (χ2v) is 9.33. The summed E-state index contributed by atoms with van der Waals surface area (Å²) in [4.78, 5) is 39.9. The predicted molar refractivity (Wildman–Crippen MR) is 127 cm³/mol. The summed E-state index contributed by atoms with van der Waals surface area (Å²) in [6, 6.07) is 18.0. The first-order valence-corrected chi connectivity index (χ1v) is 11.4. The van der Waals surface area contributed by atoms with E-state index in [0.717, 1.165) is 5.56 Å². The monoisotopic (exact) mass is 451 g/mol. The van der Waals surface area contributed by atoms with Crippen molar-refractivity contribution in [1.82, 2.24) is 15.5 Å². The van der Waals surface area contributed by atoms with Crippen molar-refractivity contribution in [3.63, 3.8) is 0 Å².